The summed E-state index contributed by atoms with van der Waals surface area (Å²) in [5.41, 5.74) is -0.298. The van der Waals surface area contributed by atoms with Gasteiger partial charge in [-0.3, -0.25) is 0 Å². The van der Waals surface area contributed by atoms with Crippen molar-refractivity contribution in [3.8, 4) is 30.4 Å². The summed E-state index contributed by atoms with van der Waals surface area (Å²) >= 11 is 0. The average Bonchev–Trinajstić information content (AvgIpc) is 2.34. The first-order valence-corrected chi connectivity index (χ1v) is 4.76. The maximum atomic E-state index is 13.4. The Morgan fingerprint density at radius 1 is 1.17 bits per heavy atom. The number of ether oxygens (including phenoxy) is 2. The summed E-state index contributed by atoms with van der Waals surface area (Å²) in [6.45, 7) is -0.563. The zero-order chi connectivity index (χ0) is 13.5. The van der Waals surface area contributed by atoms with Crippen molar-refractivity contribution in [2.45, 2.75) is 0 Å². The fourth-order valence-corrected chi connectivity index (χ4v) is 1.12. The SMILES string of the molecule is C#CCOC(=O)c1cc(F)c(OCC#C)c(F)c1. The zero-order valence-electron chi connectivity index (χ0n) is 9.20. The quantitative estimate of drug-likeness (QED) is 0.603. The molecule has 1 aromatic carbocycles. The number of hydrogen-bond acceptors (Lipinski definition) is 3. The molecule has 0 spiro atoms. The van der Waals surface area contributed by atoms with E-state index in [1.807, 2.05) is 0 Å². The Balaban J connectivity index is 2.96. The number of halogens is 2. The van der Waals surface area contributed by atoms with Crippen LogP contribution in [-0.4, -0.2) is 19.2 Å². The molecule has 5 heteroatoms. The lowest BCUT2D eigenvalue weighted by atomic mass is 10.2. The Bertz CT molecular complexity index is 515. The van der Waals surface area contributed by atoms with Crippen LogP contribution in [0.1, 0.15) is 10.4 Å². The maximum Gasteiger partial charge on any atom is 0.339 e. The van der Waals surface area contributed by atoms with Gasteiger partial charge < -0.3 is 9.47 Å². The molecule has 0 aliphatic carbocycles. The Hall–Kier alpha value is -2.53. The van der Waals surface area contributed by atoms with Crippen LogP contribution < -0.4 is 4.74 Å². The molecule has 0 radical (unpaired) electrons. The second-order valence-electron chi connectivity index (χ2n) is 3.04. The van der Waals surface area contributed by atoms with Crippen LogP contribution in [0.2, 0.25) is 0 Å². The lowest BCUT2D eigenvalue weighted by Crippen LogP contribution is -2.08. The van der Waals surface area contributed by atoms with E-state index in [-0.39, 0.29) is 18.8 Å². The smallest absolute Gasteiger partial charge is 0.339 e. The van der Waals surface area contributed by atoms with Gasteiger partial charge in [0.25, 0.3) is 0 Å². The highest BCUT2D eigenvalue weighted by molar-refractivity contribution is 5.89. The van der Waals surface area contributed by atoms with Crippen molar-refractivity contribution in [2.24, 2.45) is 0 Å². The van der Waals surface area contributed by atoms with Gasteiger partial charge in [0.15, 0.2) is 24.0 Å². The van der Waals surface area contributed by atoms with Crippen molar-refractivity contribution in [1.29, 1.82) is 0 Å². The van der Waals surface area contributed by atoms with Gasteiger partial charge in [0, 0.05) is 0 Å². The maximum absolute atomic E-state index is 13.4. The molecule has 0 unspecified atom stereocenters. The van der Waals surface area contributed by atoms with Crippen LogP contribution in [0.3, 0.4) is 0 Å². The fraction of sp³-hybridized carbons (Fsp3) is 0.154. The van der Waals surface area contributed by atoms with E-state index in [0.717, 1.165) is 12.1 Å². The average molecular weight is 250 g/mol. The minimum atomic E-state index is -1.04. The van der Waals surface area contributed by atoms with Crippen molar-refractivity contribution in [3.05, 3.63) is 29.3 Å². The van der Waals surface area contributed by atoms with Crippen LogP contribution in [-0.2, 0) is 4.74 Å². The topological polar surface area (TPSA) is 35.5 Å². The summed E-state index contributed by atoms with van der Waals surface area (Å²) in [4.78, 5) is 11.3. The lowest BCUT2D eigenvalue weighted by molar-refractivity contribution is 0.0555. The normalized spacial score (nSPS) is 9.11. The molecule has 3 nitrogen and oxygen atoms in total. The van der Waals surface area contributed by atoms with E-state index in [0.29, 0.717) is 0 Å². The summed E-state index contributed by atoms with van der Waals surface area (Å²) in [5, 5.41) is 0. The van der Waals surface area contributed by atoms with Crippen LogP contribution in [0.5, 0.6) is 5.75 Å². The van der Waals surface area contributed by atoms with E-state index in [1.54, 1.807) is 0 Å². The second-order valence-corrected chi connectivity index (χ2v) is 3.04. The fourth-order valence-electron chi connectivity index (χ4n) is 1.12. The van der Waals surface area contributed by atoms with Crippen molar-refractivity contribution in [3.63, 3.8) is 0 Å². The van der Waals surface area contributed by atoms with Crippen molar-refractivity contribution >= 4 is 5.97 Å². The molecule has 0 saturated heterocycles. The highest BCUT2D eigenvalue weighted by atomic mass is 19.1. The number of rotatable bonds is 4. The van der Waals surface area contributed by atoms with Gasteiger partial charge in [0.2, 0.25) is 0 Å². The van der Waals surface area contributed by atoms with Crippen LogP contribution >= 0.6 is 0 Å². The minimum Gasteiger partial charge on any atom is -0.475 e. The molecule has 0 heterocycles. The van der Waals surface area contributed by atoms with Gasteiger partial charge in [0.1, 0.15) is 6.61 Å². The molecule has 0 bridgehead atoms. The third-order valence-electron chi connectivity index (χ3n) is 1.82. The number of esters is 1. The predicted octanol–water partition coefficient (Wildman–Crippen LogP) is 1.77. The van der Waals surface area contributed by atoms with E-state index in [4.69, 9.17) is 12.8 Å². The summed E-state index contributed by atoms with van der Waals surface area (Å²) in [6.07, 6.45) is 9.78. The highest BCUT2D eigenvalue weighted by Crippen LogP contribution is 2.23. The number of carbonyl (C=O) groups is 1. The molecule has 18 heavy (non-hydrogen) atoms. The molecule has 1 rings (SSSR count). The molecule has 92 valence electrons. The van der Waals surface area contributed by atoms with Gasteiger partial charge >= 0.3 is 5.97 Å². The summed E-state index contributed by atoms with van der Waals surface area (Å²) < 4.78 is 36.1. The Morgan fingerprint density at radius 2 is 1.72 bits per heavy atom. The molecule has 1 aromatic rings. The number of hydrogen-bond donors (Lipinski definition) is 0. The van der Waals surface area contributed by atoms with Crippen molar-refractivity contribution in [1.82, 2.24) is 0 Å². The molecule has 0 fully saturated rings. The first-order chi connectivity index (χ1) is 8.60. The molecule has 0 saturated carbocycles. The Labute approximate surface area is 103 Å². The third kappa shape index (κ3) is 3.23. The molecule has 0 aromatic heterocycles. The first kappa shape index (κ1) is 13.5. The van der Waals surface area contributed by atoms with Gasteiger partial charge in [-0.1, -0.05) is 11.8 Å². The summed E-state index contributed by atoms with van der Waals surface area (Å²) in [7, 11) is 0. The second kappa shape index (κ2) is 6.27. The number of terminal acetylenes is 2. The van der Waals surface area contributed by atoms with Crippen LogP contribution in [0.15, 0.2) is 12.1 Å². The minimum absolute atomic E-state index is 0.280. The van der Waals surface area contributed by atoms with Gasteiger partial charge in [-0.15, -0.1) is 12.8 Å². The van der Waals surface area contributed by atoms with Crippen molar-refractivity contribution in [2.75, 3.05) is 13.2 Å². The number of carbonyl (C=O) groups excluding carboxylic acids is 1. The van der Waals surface area contributed by atoms with E-state index < -0.39 is 23.4 Å². The van der Waals surface area contributed by atoms with Crippen LogP contribution in [0, 0.1) is 36.3 Å². The van der Waals surface area contributed by atoms with E-state index in [2.05, 4.69) is 21.3 Å². The Kier molecular flexibility index (Phi) is 4.71. The molecule has 0 N–H and O–H groups in total. The monoisotopic (exact) mass is 250 g/mol. The molecule has 0 aliphatic heterocycles. The largest absolute Gasteiger partial charge is 0.475 e. The number of benzene rings is 1. The molecular formula is C13H8F2O3. The van der Waals surface area contributed by atoms with Gasteiger partial charge in [-0.25, -0.2) is 13.6 Å². The summed E-state index contributed by atoms with van der Waals surface area (Å²) in [6, 6.07) is 1.57. The predicted molar refractivity (Wildman–Crippen MR) is 59.8 cm³/mol. The molecule has 0 amide bonds. The molecular weight excluding hydrogens is 242 g/mol. The Morgan fingerprint density at radius 3 is 2.22 bits per heavy atom. The first-order valence-electron chi connectivity index (χ1n) is 4.76. The standard InChI is InChI=1S/C13H8F2O3/c1-3-5-17-12-10(14)7-9(8-11(12)15)13(16)18-6-4-2/h1-2,7-8H,5-6H2. The highest BCUT2D eigenvalue weighted by Gasteiger charge is 2.16. The lowest BCUT2D eigenvalue weighted by Gasteiger charge is -2.07. The zero-order valence-corrected chi connectivity index (χ0v) is 9.20. The van der Waals surface area contributed by atoms with E-state index in [1.165, 1.54) is 0 Å². The van der Waals surface area contributed by atoms with Crippen molar-refractivity contribution < 1.29 is 23.0 Å². The van der Waals surface area contributed by atoms with Gasteiger partial charge in [-0.2, -0.15) is 0 Å². The van der Waals surface area contributed by atoms with E-state index >= 15 is 0 Å². The van der Waals surface area contributed by atoms with Crippen LogP contribution in [0.25, 0.3) is 0 Å². The molecule has 0 atom stereocenters. The van der Waals surface area contributed by atoms with E-state index in [9.17, 15) is 13.6 Å². The summed E-state index contributed by atoms with van der Waals surface area (Å²) in [5.74, 6) is 0.479. The van der Waals surface area contributed by atoms with Gasteiger partial charge in [0.05, 0.1) is 5.56 Å². The van der Waals surface area contributed by atoms with Gasteiger partial charge in [-0.05, 0) is 12.1 Å². The third-order valence-corrected chi connectivity index (χ3v) is 1.82. The molecule has 0 aliphatic rings. The van der Waals surface area contributed by atoms with Crippen LogP contribution in [0.4, 0.5) is 8.78 Å².